The Labute approximate surface area is 121 Å². The highest BCUT2D eigenvalue weighted by molar-refractivity contribution is 5.77. The maximum absolute atomic E-state index is 11.6. The number of carbonyl (C=O) groups excluding carboxylic acids is 1. The van der Waals surface area contributed by atoms with Crippen molar-refractivity contribution in [1.29, 1.82) is 0 Å². The number of carbonyl (C=O) groups is 1. The smallest absolute Gasteiger partial charge is 0.246 e. The van der Waals surface area contributed by atoms with E-state index in [0.717, 1.165) is 45.2 Å². The number of aliphatic hydroxyl groups excluding tert-OH is 1. The first-order valence-electron chi connectivity index (χ1n) is 8.00. The molecule has 1 amide bonds. The summed E-state index contributed by atoms with van der Waals surface area (Å²) in [7, 11) is 0. The number of nitrogens with zero attached hydrogens (tertiary/aromatic N) is 1. The summed E-state index contributed by atoms with van der Waals surface area (Å²) in [5, 5.41) is 13.1. The molecule has 1 saturated carbocycles. The lowest BCUT2D eigenvalue weighted by Crippen LogP contribution is -2.52. The van der Waals surface area contributed by atoms with Crippen molar-refractivity contribution < 1.29 is 14.6 Å². The van der Waals surface area contributed by atoms with Gasteiger partial charge in [0.1, 0.15) is 6.61 Å². The minimum absolute atomic E-state index is 0.0111. The van der Waals surface area contributed by atoms with Crippen LogP contribution in [0.3, 0.4) is 0 Å². The molecule has 2 atom stereocenters. The van der Waals surface area contributed by atoms with E-state index >= 15 is 0 Å². The summed E-state index contributed by atoms with van der Waals surface area (Å²) < 4.78 is 5.11. The number of rotatable bonds is 5. The molecular formula is C15H28N2O3. The van der Waals surface area contributed by atoms with Gasteiger partial charge in [0, 0.05) is 31.8 Å². The van der Waals surface area contributed by atoms with Gasteiger partial charge in [0.15, 0.2) is 0 Å². The molecule has 1 aliphatic carbocycles. The van der Waals surface area contributed by atoms with Crippen LogP contribution in [0, 0.1) is 0 Å². The zero-order chi connectivity index (χ0) is 14.4. The van der Waals surface area contributed by atoms with Gasteiger partial charge in [-0.2, -0.15) is 0 Å². The molecule has 2 aliphatic rings. The van der Waals surface area contributed by atoms with Crippen LogP contribution in [0.2, 0.25) is 0 Å². The van der Waals surface area contributed by atoms with Gasteiger partial charge in [-0.25, -0.2) is 0 Å². The van der Waals surface area contributed by atoms with E-state index in [1.165, 1.54) is 6.42 Å². The molecule has 0 aromatic rings. The van der Waals surface area contributed by atoms with Crippen molar-refractivity contribution in [3.05, 3.63) is 0 Å². The zero-order valence-electron chi connectivity index (χ0n) is 12.5. The summed E-state index contributed by atoms with van der Waals surface area (Å²) in [4.78, 5) is 14.0. The summed E-state index contributed by atoms with van der Waals surface area (Å²) >= 11 is 0. The molecule has 2 N–H and O–H groups in total. The Balaban J connectivity index is 1.70. The Morgan fingerprint density at radius 1 is 1.25 bits per heavy atom. The third-order valence-corrected chi connectivity index (χ3v) is 4.49. The summed E-state index contributed by atoms with van der Waals surface area (Å²) in [5.74, 6) is -0.0111. The molecule has 2 fully saturated rings. The van der Waals surface area contributed by atoms with Gasteiger partial charge in [-0.05, 0) is 32.6 Å². The van der Waals surface area contributed by atoms with Crippen molar-refractivity contribution in [1.82, 2.24) is 10.2 Å². The van der Waals surface area contributed by atoms with Crippen LogP contribution in [0.4, 0.5) is 0 Å². The number of piperidine rings is 1. The van der Waals surface area contributed by atoms with E-state index in [1.54, 1.807) is 0 Å². The Morgan fingerprint density at radius 3 is 2.60 bits per heavy atom. The molecule has 0 spiro atoms. The topological polar surface area (TPSA) is 61.8 Å². The highest BCUT2D eigenvalue weighted by Gasteiger charge is 2.31. The molecule has 2 rings (SSSR count). The van der Waals surface area contributed by atoms with Crippen LogP contribution in [0.25, 0.3) is 0 Å². The number of ether oxygens (including phenoxy) is 1. The quantitative estimate of drug-likeness (QED) is 0.788. The summed E-state index contributed by atoms with van der Waals surface area (Å²) in [5.41, 5.74) is 0. The number of nitrogens with one attached hydrogen (secondary N) is 1. The lowest BCUT2D eigenvalue weighted by atomic mass is 9.89. The van der Waals surface area contributed by atoms with Gasteiger partial charge < -0.3 is 15.2 Å². The van der Waals surface area contributed by atoms with E-state index in [4.69, 9.17) is 4.74 Å². The summed E-state index contributed by atoms with van der Waals surface area (Å²) in [6.07, 6.45) is 6.22. The highest BCUT2D eigenvalue weighted by atomic mass is 16.5. The first-order valence-corrected chi connectivity index (χ1v) is 8.00. The van der Waals surface area contributed by atoms with E-state index in [9.17, 15) is 9.90 Å². The summed E-state index contributed by atoms with van der Waals surface area (Å²) in [6.45, 7) is 4.58. The second-order valence-electron chi connectivity index (χ2n) is 5.93. The van der Waals surface area contributed by atoms with Crippen LogP contribution < -0.4 is 5.32 Å². The maximum Gasteiger partial charge on any atom is 0.246 e. The fraction of sp³-hybridized carbons (Fsp3) is 0.933. The minimum Gasteiger partial charge on any atom is -0.391 e. The first kappa shape index (κ1) is 15.7. The van der Waals surface area contributed by atoms with E-state index in [-0.39, 0.29) is 24.7 Å². The highest BCUT2D eigenvalue weighted by Crippen LogP contribution is 2.25. The van der Waals surface area contributed by atoms with Gasteiger partial charge in [-0.15, -0.1) is 0 Å². The van der Waals surface area contributed by atoms with Gasteiger partial charge in [-0.1, -0.05) is 12.8 Å². The van der Waals surface area contributed by atoms with Crippen LogP contribution in [-0.2, 0) is 9.53 Å². The molecule has 0 aromatic carbocycles. The lowest BCUT2D eigenvalue weighted by Gasteiger charge is -2.41. The number of amides is 1. The van der Waals surface area contributed by atoms with Gasteiger partial charge in [-0.3, -0.25) is 9.69 Å². The second-order valence-corrected chi connectivity index (χ2v) is 5.93. The molecule has 20 heavy (non-hydrogen) atoms. The fourth-order valence-electron chi connectivity index (χ4n) is 3.36. The maximum atomic E-state index is 11.6. The van der Waals surface area contributed by atoms with Crippen molar-refractivity contribution in [2.75, 3.05) is 26.3 Å². The van der Waals surface area contributed by atoms with E-state index in [2.05, 4.69) is 10.2 Å². The molecule has 0 bridgehead atoms. The predicted octanol–water partition coefficient (Wildman–Crippen LogP) is 0.907. The van der Waals surface area contributed by atoms with Crippen molar-refractivity contribution in [2.45, 2.75) is 63.6 Å². The number of hydrogen-bond donors (Lipinski definition) is 2. The number of hydrogen-bond acceptors (Lipinski definition) is 4. The fourth-order valence-corrected chi connectivity index (χ4v) is 3.36. The second kappa shape index (κ2) is 7.96. The van der Waals surface area contributed by atoms with Crippen molar-refractivity contribution in [3.8, 4) is 0 Å². The number of aliphatic hydroxyl groups is 1. The summed E-state index contributed by atoms with van der Waals surface area (Å²) in [6, 6.07) is 0.601. The Hall–Kier alpha value is -0.650. The van der Waals surface area contributed by atoms with Crippen LogP contribution in [0.5, 0.6) is 0 Å². The first-order chi connectivity index (χ1) is 9.70. The van der Waals surface area contributed by atoms with E-state index in [1.807, 2.05) is 6.92 Å². The molecule has 0 aromatic heterocycles. The molecule has 0 radical (unpaired) electrons. The van der Waals surface area contributed by atoms with Gasteiger partial charge in [0.2, 0.25) is 5.91 Å². The SMILES string of the molecule is CCOCC(=O)NC1CCN(C2CCCCC2O)CC1. The minimum atomic E-state index is -0.159. The molecular weight excluding hydrogens is 256 g/mol. The Bertz CT molecular complexity index is 303. The average Bonchev–Trinajstić information content (AvgIpc) is 2.47. The van der Waals surface area contributed by atoms with E-state index < -0.39 is 0 Å². The van der Waals surface area contributed by atoms with Crippen LogP contribution >= 0.6 is 0 Å². The molecule has 2 unspecified atom stereocenters. The Morgan fingerprint density at radius 2 is 1.95 bits per heavy atom. The normalized spacial score (nSPS) is 29.3. The molecule has 5 nitrogen and oxygen atoms in total. The largest absolute Gasteiger partial charge is 0.391 e. The van der Waals surface area contributed by atoms with Crippen molar-refractivity contribution in [2.24, 2.45) is 0 Å². The molecule has 116 valence electrons. The molecule has 5 heteroatoms. The van der Waals surface area contributed by atoms with Crippen LogP contribution in [0.1, 0.15) is 45.4 Å². The van der Waals surface area contributed by atoms with Crippen molar-refractivity contribution >= 4 is 5.91 Å². The molecule has 1 aliphatic heterocycles. The van der Waals surface area contributed by atoms with Gasteiger partial charge in [0.05, 0.1) is 6.10 Å². The van der Waals surface area contributed by atoms with Gasteiger partial charge >= 0.3 is 0 Å². The third kappa shape index (κ3) is 4.43. The Kier molecular flexibility index (Phi) is 6.26. The molecule has 1 saturated heterocycles. The van der Waals surface area contributed by atoms with Crippen LogP contribution in [-0.4, -0.2) is 60.4 Å². The zero-order valence-corrected chi connectivity index (χ0v) is 12.5. The monoisotopic (exact) mass is 284 g/mol. The number of likely N-dealkylation sites (tertiary alicyclic amines) is 1. The van der Waals surface area contributed by atoms with Crippen LogP contribution in [0.15, 0.2) is 0 Å². The lowest BCUT2D eigenvalue weighted by molar-refractivity contribution is -0.126. The average molecular weight is 284 g/mol. The standard InChI is InChI=1S/C15H28N2O3/c1-2-20-11-15(19)16-12-7-9-17(10-8-12)13-5-3-4-6-14(13)18/h12-14,18H,2-11H2,1H3,(H,16,19). The van der Waals surface area contributed by atoms with Crippen molar-refractivity contribution in [3.63, 3.8) is 0 Å². The van der Waals surface area contributed by atoms with E-state index in [0.29, 0.717) is 12.6 Å². The third-order valence-electron chi connectivity index (χ3n) is 4.49. The predicted molar refractivity (Wildman–Crippen MR) is 77.5 cm³/mol. The molecule has 1 heterocycles. The van der Waals surface area contributed by atoms with Gasteiger partial charge in [0.25, 0.3) is 0 Å².